The maximum atomic E-state index is 12.7. The molecule has 6 rings (SSSR count). The van der Waals surface area contributed by atoms with E-state index in [1.54, 1.807) is 55.0 Å². The van der Waals surface area contributed by atoms with Gasteiger partial charge in [0.1, 0.15) is 10.0 Å². The number of hydrogen-bond acceptors (Lipinski definition) is 4. The Hall–Kier alpha value is -3.41. The van der Waals surface area contributed by atoms with E-state index in [2.05, 4.69) is 36.7 Å². The Kier molecular flexibility index (Phi) is 11.3. The molecule has 0 bridgehead atoms. The van der Waals surface area contributed by atoms with Crippen LogP contribution in [-0.2, 0) is 30.4 Å². The molecule has 0 amide bonds. The van der Waals surface area contributed by atoms with Crippen LogP contribution in [0.5, 0.6) is 0 Å². The molecule has 198 valence electrons. The van der Waals surface area contributed by atoms with Gasteiger partial charge in [0.25, 0.3) is 0 Å². The first kappa shape index (κ1) is 30.1. The molecule has 5 nitrogen and oxygen atoms in total. The second-order valence-electron chi connectivity index (χ2n) is 8.14. The van der Waals surface area contributed by atoms with Gasteiger partial charge in [0.15, 0.2) is 0 Å². The fraction of sp³-hybridized carbons (Fsp3) is 0.0323. The molecular formula is C31H24BrN3O2PdS. The number of hydrogen-bond donors (Lipinski definition) is 0. The predicted molar refractivity (Wildman–Crippen MR) is 158 cm³/mol. The molecule has 8 heteroatoms. The quantitative estimate of drug-likeness (QED) is 0.106. The monoisotopic (exact) mass is 687 g/mol. The maximum absolute atomic E-state index is 12.7. The Morgan fingerprint density at radius 1 is 0.744 bits per heavy atom. The van der Waals surface area contributed by atoms with Crippen LogP contribution in [0.25, 0.3) is 26.4 Å². The molecule has 0 spiro atoms. The third-order valence-corrected chi connectivity index (χ3v) is 7.21. The van der Waals surface area contributed by atoms with Gasteiger partial charge in [-0.2, -0.15) is 30.3 Å². The molecule has 0 radical (unpaired) electrons. The van der Waals surface area contributed by atoms with Crippen LogP contribution >= 0.6 is 15.9 Å². The van der Waals surface area contributed by atoms with E-state index in [4.69, 9.17) is 0 Å². The minimum Gasteiger partial charge on any atom is -0.572 e. The Bertz CT molecular complexity index is 1690. The zero-order chi connectivity index (χ0) is 26.8. The SMILES string of the molecule is Brc1cc[c-]cc1.Cc1ccc(S(=O)(=O)[N-]c2cccc3ccc4cccnc4c23)cc1.[Pd+2].c1ccncc1. The van der Waals surface area contributed by atoms with E-state index >= 15 is 0 Å². The molecule has 4 aromatic carbocycles. The molecule has 2 heterocycles. The Labute approximate surface area is 251 Å². The molecule has 0 saturated carbocycles. The summed E-state index contributed by atoms with van der Waals surface area (Å²) in [6.07, 6.45) is 5.20. The summed E-state index contributed by atoms with van der Waals surface area (Å²) in [5.41, 5.74) is 2.15. The van der Waals surface area contributed by atoms with E-state index < -0.39 is 10.0 Å². The average molecular weight is 689 g/mol. The van der Waals surface area contributed by atoms with Gasteiger partial charge in [-0.1, -0.05) is 80.6 Å². The van der Waals surface area contributed by atoms with Crippen LogP contribution in [0.2, 0.25) is 0 Å². The van der Waals surface area contributed by atoms with Gasteiger partial charge >= 0.3 is 20.4 Å². The smallest absolute Gasteiger partial charge is 0.572 e. The fourth-order valence-electron chi connectivity index (χ4n) is 3.54. The first-order valence-corrected chi connectivity index (χ1v) is 13.9. The van der Waals surface area contributed by atoms with Crippen LogP contribution in [0.15, 0.2) is 137 Å². The number of aryl methyl sites for hydroxylation is 1. The zero-order valence-corrected chi connectivity index (χ0v) is 24.8. The van der Waals surface area contributed by atoms with Crippen molar-refractivity contribution in [2.75, 3.05) is 0 Å². The number of halogens is 1. The van der Waals surface area contributed by atoms with Crippen LogP contribution in [0.1, 0.15) is 5.56 Å². The molecule has 0 aliphatic rings. The molecule has 0 fully saturated rings. The third kappa shape index (κ3) is 8.54. The third-order valence-electron chi connectivity index (χ3n) is 5.37. The molecule has 6 aromatic rings. The van der Waals surface area contributed by atoms with E-state index in [0.29, 0.717) is 5.69 Å². The van der Waals surface area contributed by atoms with Gasteiger partial charge < -0.3 is 4.72 Å². The standard InChI is InChI=1S/C20H15N2O2S.C6H4Br.C5H5N.Pd/c1-14-7-11-17(12-8-14)25(23,24)22-18-6-2-4-15-9-10-16-5-3-13-21-20(16)19(15)18;7-6-4-2-1-3-5-6;1-2-4-6-5-3-1;/h2-13H,1H3;2-5H;1-5H;/q2*-1;;+2. The van der Waals surface area contributed by atoms with Crippen LogP contribution in [0.4, 0.5) is 5.69 Å². The molecule has 0 unspecified atom stereocenters. The number of sulfonamides is 1. The van der Waals surface area contributed by atoms with Crippen molar-refractivity contribution in [3.05, 3.63) is 149 Å². The summed E-state index contributed by atoms with van der Waals surface area (Å²) in [6.45, 7) is 1.91. The van der Waals surface area contributed by atoms with Crippen molar-refractivity contribution in [1.29, 1.82) is 0 Å². The summed E-state index contributed by atoms with van der Waals surface area (Å²) in [5.74, 6) is 0. The maximum Gasteiger partial charge on any atom is 2.00 e. The van der Waals surface area contributed by atoms with Crippen molar-refractivity contribution in [3.8, 4) is 0 Å². The van der Waals surface area contributed by atoms with E-state index in [0.717, 1.165) is 31.7 Å². The summed E-state index contributed by atoms with van der Waals surface area (Å²) in [7, 11) is -3.79. The van der Waals surface area contributed by atoms with Gasteiger partial charge in [-0.05, 0) is 48.0 Å². The zero-order valence-electron chi connectivity index (χ0n) is 20.9. The molecule has 39 heavy (non-hydrogen) atoms. The van der Waals surface area contributed by atoms with E-state index in [1.807, 2.05) is 79.7 Å². The number of aromatic nitrogens is 2. The summed E-state index contributed by atoms with van der Waals surface area (Å²) in [6, 6.07) is 36.1. The van der Waals surface area contributed by atoms with Crippen LogP contribution in [0, 0.1) is 13.0 Å². The summed E-state index contributed by atoms with van der Waals surface area (Å²) in [5, 5.41) is 2.60. The van der Waals surface area contributed by atoms with Crippen molar-refractivity contribution >= 4 is 53.3 Å². The van der Waals surface area contributed by atoms with Crippen LogP contribution in [0.3, 0.4) is 0 Å². The molecule has 0 saturated heterocycles. The Morgan fingerprint density at radius 2 is 1.41 bits per heavy atom. The van der Waals surface area contributed by atoms with Gasteiger partial charge in [-0.3, -0.25) is 9.97 Å². The predicted octanol–water partition coefficient (Wildman–Crippen LogP) is 8.42. The average Bonchev–Trinajstić information content (AvgIpc) is 2.95. The van der Waals surface area contributed by atoms with Crippen LogP contribution in [-0.4, -0.2) is 18.4 Å². The summed E-state index contributed by atoms with van der Waals surface area (Å²) in [4.78, 5) is 8.40. The number of pyridine rings is 2. The minimum atomic E-state index is -3.79. The first-order valence-electron chi connectivity index (χ1n) is 11.7. The van der Waals surface area contributed by atoms with Gasteiger partial charge in [0.05, 0.1) is 10.4 Å². The number of rotatable bonds is 3. The molecule has 0 N–H and O–H groups in total. The van der Waals surface area contributed by atoms with Gasteiger partial charge in [0, 0.05) is 24.0 Å². The largest absolute Gasteiger partial charge is 2.00 e. The number of fused-ring (bicyclic) bond motifs is 3. The van der Waals surface area contributed by atoms with Crippen LogP contribution < -0.4 is 0 Å². The van der Waals surface area contributed by atoms with Gasteiger partial charge in [-0.15, -0.1) is 5.69 Å². The van der Waals surface area contributed by atoms with Crippen molar-refractivity contribution in [2.45, 2.75) is 11.8 Å². The molecular weight excluding hydrogens is 665 g/mol. The van der Waals surface area contributed by atoms with E-state index in [1.165, 1.54) is 0 Å². The normalized spacial score (nSPS) is 10.3. The van der Waals surface area contributed by atoms with Crippen molar-refractivity contribution in [2.24, 2.45) is 0 Å². The van der Waals surface area contributed by atoms with E-state index in [9.17, 15) is 8.42 Å². The second-order valence-corrected chi connectivity index (χ2v) is 10.7. The topological polar surface area (TPSA) is 74.0 Å². The van der Waals surface area contributed by atoms with Crippen molar-refractivity contribution in [3.63, 3.8) is 0 Å². The van der Waals surface area contributed by atoms with E-state index in [-0.39, 0.29) is 25.3 Å². The second kappa shape index (κ2) is 14.7. The number of nitrogens with zero attached hydrogens (tertiary/aromatic N) is 3. The minimum absolute atomic E-state index is 0. The Balaban J connectivity index is 0.000000246. The molecule has 0 atom stereocenters. The fourth-order valence-corrected chi connectivity index (χ4v) is 4.80. The molecule has 0 aliphatic heterocycles. The summed E-state index contributed by atoms with van der Waals surface area (Å²) < 4.78 is 30.6. The Morgan fingerprint density at radius 3 is 2.00 bits per heavy atom. The van der Waals surface area contributed by atoms with Gasteiger partial charge in [-0.25, -0.2) is 8.42 Å². The van der Waals surface area contributed by atoms with Crippen molar-refractivity contribution < 1.29 is 28.8 Å². The molecule has 2 aromatic heterocycles. The first-order chi connectivity index (χ1) is 18.4. The van der Waals surface area contributed by atoms with Crippen molar-refractivity contribution in [1.82, 2.24) is 9.97 Å². The van der Waals surface area contributed by atoms with Gasteiger partial charge in [0.2, 0.25) is 0 Å². The summed E-state index contributed by atoms with van der Waals surface area (Å²) >= 11 is 3.29. The number of benzene rings is 4. The molecule has 0 aliphatic carbocycles.